The first-order chi connectivity index (χ1) is 27.2. The van der Waals surface area contributed by atoms with Crippen LogP contribution in [0.1, 0.15) is 0 Å². The van der Waals surface area contributed by atoms with E-state index in [1.165, 1.54) is 0 Å². The zero-order valence-electron chi connectivity index (χ0n) is 29.3. The van der Waals surface area contributed by atoms with Crippen molar-refractivity contribution in [1.82, 2.24) is 23.9 Å². The minimum atomic E-state index is -0.0642. The summed E-state index contributed by atoms with van der Waals surface area (Å²) in [7, 11) is 0. The van der Waals surface area contributed by atoms with E-state index >= 15 is 0 Å². The zero-order valence-corrected chi connectivity index (χ0v) is 29.3. The van der Waals surface area contributed by atoms with Crippen molar-refractivity contribution >= 4 is 49.4 Å². The van der Waals surface area contributed by atoms with Crippen molar-refractivity contribution < 1.29 is 4.42 Å². The van der Waals surface area contributed by atoms with E-state index in [2.05, 4.69) is 40.8 Å². The maximum atomic E-state index is 14.2. The van der Waals surface area contributed by atoms with Crippen molar-refractivity contribution in [2.45, 2.75) is 0 Å². The molecule has 0 fully saturated rings. The van der Waals surface area contributed by atoms with E-state index in [0.29, 0.717) is 23.0 Å². The summed E-state index contributed by atoms with van der Waals surface area (Å²) in [5, 5.41) is 2.93. The second kappa shape index (κ2) is 12.2. The number of nitrogens with zero attached hydrogens (tertiary/aromatic N) is 5. The molecule has 11 aromatic rings. The van der Waals surface area contributed by atoms with Crippen molar-refractivity contribution in [3.63, 3.8) is 0 Å². The lowest BCUT2D eigenvalue weighted by molar-refractivity contribution is 0.669. The predicted molar refractivity (Wildman–Crippen MR) is 220 cm³/mol. The Morgan fingerprint density at radius 2 is 1.05 bits per heavy atom. The second-order valence-electron chi connectivity index (χ2n) is 13.6. The first-order valence-electron chi connectivity index (χ1n) is 18.2. The van der Waals surface area contributed by atoms with E-state index in [-0.39, 0.29) is 5.56 Å². The van der Waals surface area contributed by atoms with Gasteiger partial charge in [-0.15, -0.1) is 0 Å². The Balaban J connectivity index is 1.04. The van der Waals surface area contributed by atoms with Gasteiger partial charge in [0.1, 0.15) is 16.7 Å². The lowest BCUT2D eigenvalue weighted by atomic mass is 10.00. The van der Waals surface area contributed by atoms with Crippen LogP contribution in [-0.4, -0.2) is 23.9 Å². The summed E-state index contributed by atoms with van der Waals surface area (Å²) < 4.78 is 10.3. The monoisotopic (exact) mass is 707 g/mol. The number of benzene rings is 7. The molecule has 0 aliphatic rings. The molecule has 11 rings (SSSR count). The fraction of sp³-hybridized carbons (Fsp3) is 0. The van der Waals surface area contributed by atoms with Crippen LogP contribution in [0.5, 0.6) is 0 Å². The van der Waals surface area contributed by atoms with Gasteiger partial charge in [0.05, 0.1) is 16.6 Å². The summed E-state index contributed by atoms with van der Waals surface area (Å²) in [5.41, 5.74) is 10.5. The number of para-hydroxylation sites is 3. The first-order valence-corrected chi connectivity index (χ1v) is 18.2. The van der Waals surface area contributed by atoms with E-state index in [9.17, 15) is 4.79 Å². The molecule has 0 unspecified atom stereocenters. The lowest BCUT2D eigenvalue weighted by Crippen LogP contribution is -2.21. The minimum Gasteiger partial charge on any atom is -0.456 e. The van der Waals surface area contributed by atoms with Crippen LogP contribution in [0.4, 0.5) is 0 Å². The fourth-order valence-corrected chi connectivity index (χ4v) is 7.82. The van der Waals surface area contributed by atoms with Crippen molar-refractivity contribution in [3.05, 3.63) is 186 Å². The number of aromatic nitrogens is 5. The van der Waals surface area contributed by atoms with Gasteiger partial charge in [-0.2, -0.15) is 0 Å². The van der Waals surface area contributed by atoms with Gasteiger partial charge in [0, 0.05) is 38.5 Å². The Morgan fingerprint density at radius 3 is 1.78 bits per heavy atom. The van der Waals surface area contributed by atoms with E-state index in [1.807, 2.05) is 144 Å². The number of fused-ring (bicyclic) bond motifs is 8. The quantitative estimate of drug-likeness (QED) is 0.178. The molecule has 7 nitrogen and oxygen atoms in total. The summed E-state index contributed by atoms with van der Waals surface area (Å²) >= 11 is 0. The SMILES string of the molecule is O=c1c2cc3ccccc3n2c2ccccc2n1-c1ccc(-c2ccc3oc4cccc(-c5nc(-c6ccccc6)nc(-c6ccccc6)n5)c4c3c2)cc1. The Kier molecular flexibility index (Phi) is 6.87. The standard InChI is InChI=1S/C48H29N5O2/c54-48-41-29-34-16-7-8-18-38(34)53(41)40-20-10-9-19-39(40)52(48)35-25-22-30(23-26-35)33-24-27-42-37(28-33)44-36(17-11-21-43(44)55-42)47-50-45(31-12-3-1-4-13-31)49-46(51-47)32-14-5-2-6-15-32/h1-29H. The maximum absolute atomic E-state index is 14.2. The molecule has 0 spiro atoms. The third-order valence-electron chi connectivity index (χ3n) is 10.4. The third-order valence-corrected chi connectivity index (χ3v) is 10.4. The number of furan rings is 1. The average Bonchev–Trinajstić information content (AvgIpc) is 3.84. The topological polar surface area (TPSA) is 78.2 Å². The summed E-state index contributed by atoms with van der Waals surface area (Å²) in [5.74, 6) is 1.78. The van der Waals surface area contributed by atoms with Crippen LogP contribution >= 0.6 is 0 Å². The molecule has 55 heavy (non-hydrogen) atoms. The van der Waals surface area contributed by atoms with Crippen LogP contribution in [-0.2, 0) is 0 Å². The molecule has 0 saturated carbocycles. The van der Waals surface area contributed by atoms with E-state index < -0.39 is 0 Å². The molecular formula is C48H29N5O2. The highest BCUT2D eigenvalue weighted by molar-refractivity contribution is 6.12. The molecule has 7 heteroatoms. The molecular weight excluding hydrogens is 679 g/mol. The molecule has 0 atom stereocenters. The van der Waals surface area contributed by atoms with Gasteiger partial charge in [-0.1, -0.05) is 121 Å². The average molecular weight is 708 g/mol. The zero-order chi connectivity index (χ0) is 36.5. The van der Waals surface area contributed by atoms with Gasteiger partial charge in [0.25, 0.3) is 5.56 Å². The number of rotatable bonds is 5. The second-order valence-corrected chi connectivity index (χ2v) is 13.6. The molecule has 0 aliphatic carbocycles. The summed E-state index contributed by atoms with van der Waals surface area (Å²) in [6, 6.07) is 58.6. The molecule has 0 amide bonds. The highest BCUT2D eigenvalue weighted by atomic mass is 16.3. The molecule has 0 radical (unpaired) electrons. The predicted octanol–water partition coefficient (Wildman–Crippen LogP) is 11.1. The Bertz CT molecular complexity index is 3270. The van der Waals surface area contributed by atoms with Crippen LogP contribution in [0.2, 0.25) is 0 Å². The molecule has 7 aromatic carbocycles. The van der Waals surface area contributed by atoms with Crippen molar-refractivity contribution in [3.8, 4) is 51.0 Å². The highest BCUT2D eigenvalue weighted by Gasteiger charge is 2.19. The highest BCUT2D eigenvalue weighted by Crippen LogP contribution is 2.38. The molecule has 4 aromatic heterocycles. The van der Waals surface area contributed by atoms with Gasteiger partial charge in [-0.05, 0) is 65.7 Å². The van der Waals surface area contributed by atoms with Gasteiger partial charge in [-0.3, -0.25) is 9.36 Å². The Hall–Kier alpha value is -7.64. The van der Waals surface area contributed by atoms with Crippen LogP contribution in [0.25, 0.3) is 100 Å². The minimum absolute atomic E-state index is 0.0642. The smallest absolute Gasteiger partial charge is 0.279 e. The van der Waals surface area contributed by atoms with E-state index in [0.717, 1.165) is 77.4 Å². The largest absolute Gasteiger partial charge is 0.456 e. The van der Waals surface area contributed by atoms with Gasteiger partial charge in [0.15, 0.2) is 17.5 Å². The van der Waals surface area contributed by atoms with Crippen molar-refractivity contribution in [2.24, 2.45) is 0 Å². The first kappa shape index (κ1) is 30.9. The van der Waals surface area contributed by atoms with E-state index in [4.69, 9.17) is 19.4 Å². The summed E-state index contributed by atoms with van der Waals surface area (Å²) in [6.07, 6.45) is 0. The Labute approximate surface area is 314 Å². The van der Waals surface area contributed by atoms with Crippen LogP contribution in [0.15, 0.2) is 185 Å². The summed E-state index contributed by atoms with van der Waals surface area (Å²) in [4.78, 5) is 29.1. The van der Waals surface area contributed by atoms with Gasteiger partial charge in [-0.25, -0.2) is 15.0 Å². The molecule has 0 N–H and O–H groups in total. The lowest BCUT2D eigenvalue weighted by Gasteiger charge is -2.14. The van der Waals surface area contributed by atoms with Crippen LogP contribution < -0.4 is 5.56 Å². The number of hydrogen-bond donors (Lipinski definition) is 0. The van der Waals surface area contributed by atoms with Gasteiger partial charge < -0.3 is 8.82 Å². The molecule has 258 valence electrons. The summed E-state index contributed by atoms with van der Waals surface area (Å²) in [6.45, 7) is 0. The van der Waals surface area contributed by atoms with E-state index in [1.54, 1.807) is 0 Å². The molecule has 4 heterocycles. The number of hydrogen-bond acceptors (Lipinski definition) is 5. The third kappa shape index (κ3) is 4.98. The molecule has 0 aliphatic heterocycles. The maximum Gasteiger partial charge on any atom is 0.279 e. The van der Waals surface area contributed by atoms with Gasteiger partial charge in [0.2, 0.25) is 0 Å². The van der Waals surface area contributed by atoms with Crippen molar-refractivity contribution in [1.29, 1.82) is 0 Å². The fourth-order valence-electron chi connectivity index (χ4n) is 7.82. The van der Waals surface area contributed by atoms with Crippen molar-refractivity contribution in [2.75, 3.05) is 0 Å². The normalized spacial score (nSPS) is 11.7. The molecule has 0 saturated heterocycles. The molecule has 0 bridgehead atoms. The van der Waals surface area contributed by atoms with Crippen LogP contribution in [0, 0.1) is 0 Å². The van der Waals surface area contributed by atoms with Crippen LogP contribution in [0.3, 0.4) is 0 Å². The Morgan fingerprint density at radius 1 is 0.436 bits per heavy atom. The van der Waals surface area contributed by atoms with Gasteiger partial charge >= 0.3 is 0 Å².